The number of nitrogen functional groups attached to an aromatic ring is 1. The van der Waals surface area contributed by atoms with E-state index in [1.807, 2.05) is 42.5 Å². The van der Waals surface area contributed by atoms with Crippen molar-refractivity contribution < 1.29 is 0 Å². The van der Waals surface area contributed by atoms with Gasteiger partial charge in [-0.3, -0.25) is 9.97 Å². The zero-order valence-electron chi connectivity index (χ0n) is 14.3. The Labute approximate surface area is 160 Å². The smallest absolute Gasteiger partial charge is 0.222 e. The van der Waals surface area contributed by atoms with E-state index in [0.29, 0.717) is 5.82 Å². The van der Waals surface area contributed by atoms with E-state index in [0.717, 1.165) is 26.7 Å². The van der Waals surface area contributed by atoms with E-state index in [4.69, 9.17) is 5.73 Å². The normalized spacial score (nSPS) is 10.5. The lowest BCUT2D eigenvalue weighted by atomic mass is 10.2. The third-order valence-corrected chi connectivity index (χ3v) is 4.73. The number of nitrogens with one attached hydrogen (secondary N) is 1. The summed E-state index contributed by atoms with van der Waals surface area (Å²) in [6.07, 6.45) is 7.05. The Hall–Kier alpha value is -3.45. The van der Waals surface area contributed by atoms with Crippen molar-refractivity contribution in [3.8, 4) is 11.3 Å². The summed E-state index contributed by atoms with van der Waals surface area (Å²) in [4.78, 5) is 19.0. The van der Waals surface area contributed by atoms with Gasteiger partial charge in [-0.05, 0) is 48.5 Å². The molecule has 4 rings (SSSR count). The van der Waals surface area contributed by atoms with Crippen molar-refractivity contribution in [1.29, 1.82) is 0 Å². The molecule has 0 fully saturated rings. The monoisotopic (exact) mass is 372 g/mol. The summed E-state index contributed by atoms with van der Waals surface area (Å²) >= 11 is 1.68. The fraction of sp³-hybridized carbons (Fsp3) is 0. The number of rotatable bonds is 5. The lowest BCUT2D eigenvalue weighted by Gasteiger charge is -2.09. The van der Waals surface area contributed by atoms with Gasteiger partial charge in [-0.25, -0.2) is 4.98 Å². The molecular weight excluding hydrogens is 356 g/mol. The minimum Gasteiger partial charge on any atom is -0.368 e. The zero-order valence-corrected chi connectivity index (χ0v) is 15.1. The molecule has 3 aromatic heterocycles. The van der Waals surface area contributed by atoms with Crippen LogP contribution in [-0.2, 0) is 0 Å². The topological polar surface area (TPSA) is 89.6 Å². The quantitative estimate of drug-likeness (QED) is 0.536. The summed E-state index contributed by atoms with van der Waals surface area (Å²) in [7, 11) is 0. The Morgan fingerprint density at radius 1 is 0.815 bits per heavy atom. The Morgan fingerprint density at radius 3 is 2.33 bits per heavy atom. The molecular formula is C20H16N6S. The summed E-state index contributed by atoms with van der Waals surface area (Å²) < 4.78 is 0. The summed E-state index contributed by atoms with van der Waals surface area (Å²) in [5, 5.41) is 3.28. The Morgan fingerprint density at radius 2 is 1.59 bits per heavy atom. The van der Waals surface area contributed by atoms with Crippen LogP contribution in [0.4, 0.5) is 17.5 Å². The first kappa shape index (κ1) is 17.0. The molecule has 4 aromatic rings. The maximum absolute atomic E-state index is 5.87. The lowest BCUT2D eigenvalue weighted by Crippen LogP contribution is -2.01. The molecule has 0 aliphatic carbocycles. The number of hydrogen-bond donors (Lipinski definition) is 2. The molecule has 7 heteroatoms. The van der Waals surface area contributed by atoms with E-state index in [-0.39, 0.29) is 5.95 Å². The van der Waals surface area contributed by atoms with Gasteiger partial charge in [0.2, 0.25) is 5.95 Å². The number of nitrogens with two attached hydrogens (primary N) is 1. The molecule has 3 heterocycles. The molecule has 0 bridgehead atoms. The number of benzene rings is 1. The first-order valence-electron chi connectivity index (χ1n) is 8.26. The first-order valence-corrected chi connectivity index (χ1v) is 9.08. The highest BCUT2D eigenvalue weighted by Crippen LogP contribution is 2.29. The molecule has 1 aromatic carbocycles. The highest BCUT2D eigenvalue weighted by molar-refractivity contribution is 7.99. The van der Waals surface area contributed by atoms with Crippen molar-refractivity contribution >= 4 is 29.2 Å². The third kappa shape index (κ3) is 4.39. The molecule has 0 aliphatic heterocycles. The van der Waals surface area contributed by atoms with E-state index in [1.165, 1.54) is 0 Å². The van der Waals surface area contributed by atoms with E-state index < -0.39 is 0 Å². The van der Waals surface area contributed by atoms with Gasteiger partial charge in [0.25, 0.3) is 0 Å². The maximum atomic E-state index is 5.87. The average molecular weight is 372 g/mol. The van der Waals surface area contributed by atoms with Crippen LogP contribution in [0.25, 0.3) is 11.3 Å². The molecule has 0 radical (unpaired) electrons. The lowest BCUT2D eigenvalue weighted by molar-refractivity contribution is 1.18. The average Bonchev–Trinajstić information content (AvgIpc) is 2.71. The van der Waals surface area contributed by atoms with Crippen LogP contribution in [0.15, 0.2) is 89.2 Å². The van der Waals surface area contributed by atoms with Crippen LogP contribution >= 0.6 is 11.8 Å². The van der Waals surface area contributed by atoms with Gasteiger partial charge < -0.3 is 11.1 Å². The van der Waals surface area contributed by atoms with Crippen LogP contribution in [0.1, 0.15) is 0 Å². The minimum atomic E-state index is 0.212. The molecule has 0 amide bonds. The Bertz CT molecular complexity index is 1020. The van der Waals surface area contributed by atoms with E-state index >= 15 is 0 Å². The molecule has 0 saturated carbocycles. The second kappa shape index (κ2) is 7.84. The van der Waals surface area contributed by atoms with Crippen molar-refractivity contribution in [2.24, 2.45) is 0 Å². The Balaban J connectivity index is 1.51. The number of aromatic nitrogens is 4. The van der Waals surface area contributed by atoms with Gasteiger partial charge in [-0.1, -0.05) is 11.8 Å². The van der Waals surface area contributed by atoms with Crippen LogP contribution < -0.4 is 11.1 Å². The molecule has 0 saturated heterocycles. The van der Waals surface area contributed by atoms with E-state index in [1.54, 1.807) is 36.5 Å². The number of anilines is 3. The Kier molecular flexibility index (Phi) is 4.93. The predicted molar refractivity (Wildman–Crippen MR) is 108 cm³/mol. The third-order valence-electron chi connectivity index (χ3n) is 3.71. The molecule has 0 unspecified atom stereocenters. The standard InChI is InChI=1S/C20H16N6S/c21-20-25-18(14-2-1-9-23-13-14)12-19(26-20)24-15-3-5-16(6-4-15)27-17-7-10-22-11-8-17/h1-13H,(H3,21,24,25,26). The van der Waals surface area contributed by atoms with E-state index in [2.05, 4.69) is 37.4 Å². The largest absolute Gasteiger partial charge is 0.368 e. The molecule has 0 spiro atoms. The van der Waals surface area contributed by atoms with E-state index in [9.17, 15) is 0 Å². The SMILES string of the molecule is Nc1nc(Nc2ccc(Sc3ccncc3)cc2)cc(-c2cccnc2)n1. The van der Waals surface area contributed by atoms with Crippen LogP contribution in [0.5, 0.6) is 0 Å². The highest BCUT2D eigenvalue weighted by Gasteiger charge is 2.06. The van der Waals surface area contributed by atoms with Crippen LogP contribution in [0.3, 0.4) is 0 Å². The minimum absolute atomic E-state index is 0.212. The summed E-state index contributed by atoms with van der Waals surface area (Å²) in [6, 6.07) is 17.7. The second-order valence-electron chi connectivity index (χ2n) is 5.67. The first-order chi connectivity index (χ1) is 13.3. The molecule has 132 valence electrons. The number of pyridine rings is 2. The molecule has 6 nitrogen and oxygen atoms in total. The van der Waals surface area contributed by atoms with Crippen LogP contribution in [0.2, 0.25) is 0 Å². The van der Waals surface area contributed by atoms with Crippen molar-refractivity contribution in [3.63, 3.8) is 0 Å². The number of hydrogen-bond acceptors (Lipinski definition) is 7. The molecule has 3 N–H and O–H groups in total. The fourth-order valence-corrected chi connectivity index (χ4v) is 3.29. The predicted octanol–water partition coefficient (Wildman–Crippen LogP) is 4.41. The number of nitrogens with zero attached hydrogens (tertiary/aromatic N) is 4. The van der Waals surface area contributed by atoms with Gasteiger partial charge in [0.15, 0.2) is 0 Å². The summed E-state index contributed by atoms with van der Waals surface area (Å²) in [5.74, 6) is 0.847. The zero-order chi connectivity index (χ0) is 18.5. The summed E-state index contributed by atoms with van der Waals surface area (Å²) in [6.45, 7) is 0. The maximum Gasteiger partial charge on any atom is 0.222 e. The van der Waals surface area contributed by atoms with Gasteiger partial charge in [0, 0.05) is 51.9 Å². The van der Waals surface area contributed by atoms with Crippen molar-refractivity contribution in [2.45, 2.75) is 9.79 Å². The fourth-order valence-electron chi connectivity index (χ4n) is 2.49. The summed E-state index contributed by atoms with van der Waals surface area (Å²) in [5.41, 5.74) is 8.40. The van der Waals surface area contributed by atoms with Gasteiger partial charge in [-0.15, -0.1) is 0 Å². The van der Waals surface area contributed by atoms with Gasteiger partial charge in [0.1, 0.15) is 5.82 Å². The second-order valence-corrected chi connectivity index (χ2v) is 6.82. The molecule has 0 aliphatic rings. The van der Waals surface area contributed by atoms with Crippen molar-refractivity contribution in [3.05, 3.63) is 79.4 Å². The molecule has 27 heavy (non-hydrogen) atoms. The van der Waals surface area contributed by atoms with Gasteiger partial charge in [0.05, 0.1) is 5.69 Å². The van der Waals surface area contributed by atoms with Crippen molar-refractivity contribution in [1.82, 2.24) is 19.9 Å². The highest BCUT2D eigenvalue weighted by atomic mass is 32.2. The van der Waals surface area contributed by atoms with Gasteiger partial charge in [-0.2, -0.15) is 4.98 Å². The van der Waals surface area contributed by atoms with Crippen molar-refractivity contribution in [2.75, 3.05) is 11.1 Å². The van der Waals surface area contributed by atoms with Crippen LogP contribution in [0, 0.1) is 0 Å². The molecule has 0 atom stereocenters. The van der Waals surface area contributed by atoms with Gasteiger partial charge >= 0.3 is 0 Å². The van der Waals surface area contributed by atoms with Crippen LogP contribution in [-0.4, -0.2) is 19.9 Å².